The lowest BCUT2D eigenvalue weighted by Crippen LogP contribution is -2.50. The zero-order valence-electron chi connectivity index (χ0n) is 22.6. The first kappa shape index (κ1) is 30.2. The van der Waals surface area contributed by atoms with Gasteiger partial charge in [-0.1, -0.05) is 23.2 Å². The van der Waals surface area contributed by atoms with Crippen LogP contribution in [0, 0.1) is 5.82 Å². The molecule has 1 aromatic heterocycles. The summed E-state index contributed by atoms with van der Waals surface area (Å²) in [6.45, 7) is 9.56. The number of hydrogen-bond donors (Lipinski definition) is 2. The van der Waals surface area contributed by atoms with Crippen LogP contribution >= 0.6 is 23.2 Å². The van der Waals surface area contributed by atoms with Crippen molar-refractivity contribution in [2.45, 2.75) is 44.1 Å². The van der Waals surface area contributed by atoms with Gasteiger partial charge in [0.15, 0.2) is 0 Å². The molecule has 1 fully saturated rings. The van der Waals surface area contributed by atoms with E-state index in [0.717, 1.165) is 38.5 Å². The zero-order chi connectivity index (χ0) is 29.1. The van der Waals surface area contributed by atoms with Crippen LogP contribution in [0.3, 0.4) is 0 Å². The van der Waals surface area contributed by atoms with E-state index in [-0.39, 0.29) is 17.5 Å². The molecule has 1 aliphatic heterocycles. The molecule has 218 valence electrons. The van der Waals surface area contributed by atoms with E-state index >= 15 is 0 Å². The Hall–Kier alpha value is -2.73. The normalized spacial score (nSPS) is 14.9. The van der Waals surface area contributed by atoms with E-state index in [1.54, 1.807) is 4.90 Å². The molecule has 1 amide bonds. The number of H-pyrrole nitrogens is 1. The van der Waals surface area contributed by atoms with Crippen LogP contribution in [-0.2, 0) is 14.8 Å². The quantitative estimate of drug-likeness (QED) is 0.281. The molecule has 2 aromatic carbocycles. The number of anilines is 1. The van der Waals surface area contributed by atoms with Crippen LogP contribution in [0.25, 0.3) is 10.9 Å². The lowest BCUT2D eigenvalue weighted by molar-refractivity contribution is 0.0144. The highest BCUT2D eigenvalue weighted by Gasteiger charge is 2.26. The number of halogens is 3. The molecule has 2 heterocycles. The second-order valence-electron chi connectivity index (χ2n) is 10.5. The zero-order valence-corrected chi connectivity index (χ0v) is 24.9. The van der Waals surface area contributed by atoms with E-state index in [1.165, 1.54) is 30.5 Å². The highest BCUT2D eigenvalue weighted by atomic mass is 35.5. The second kappa shape index (κ2) is 12.4. The Labute approximate surface area is 243 Å². The van der Waals surface area contributed by atoms with Gasteiger partial charge >= 0.3 is 6.09 Å². The number of hydrogen-bond acceptors (Lipinski definition) is 6. The first-order chi connectivity index (χ1) is 18.8. The van der Waals surface area contributed by atoms with Crippen molar-refractivity contribution in [1.82, 2.24) is 14.8 Å². The first-order valence-corrected chi connectivity index (χ1v) is 15.2. The van der Waals surface area contributed by atoms with Crippen molar-refractivity contribution in [3.05, 3.63) is 52.4 Å². The van der Waals surface area contributed by atoms with E-state index < -0.39 is 26.3 Å². The number of benzene rings is 2. The monoisotopic (exact) mass is 614 g/mol. The molecule has 0 atom stereocenters. The molecule has 0 bridgehead atoms. The van der Waals surface area contributed by atoms with Crippen molar-refractivity contribution in [1.29, 1.82) is 0 Å². The minimum Gasteiger partial charge on any atom is -0.493 e. The summed E-state index contributed by atoms with van der Waals surface area (Å²) >= 11 is 12.3. The lowest BCUT2D eigenvalue weighted by Gasteiger charge is -2.35. The topological polar surface area (TPSA) is 104 Å². The lowest BCUT2D eigenvalue weighted by atomic mass is 10.2. The molecule has 2 N–H and O–H groups in total. The highest BCUT2D eigenvalue weighted by Crippen LogP contribution is 2.35. The Morgan fingerprint density at radius 2 is 1.80 bits per heavy atom. The van der Waals surface area contributed by atoms with Crippen LogP contribution in [0.4, 0.5) is 14.9 Å². The van der Waals surface area contributed by atoms with Crippen LogP contribution in [0.15, 0.2) is 41.4 Å². The molecule has 4 rings (SSSR count). The molecular weight excluding hydrogens is 582 g/mol. The third-order valence-electron chi connectivity index (χ3n) is 6.34. The molecule has 0 unspecified atom stereocenters. The molecule has 0 aliphatic carbocycles. The van der Waals surface area contributed by atoms with Gasteiger partial charge in [0.2, 0.25) is 0 Å². The smallest absolute Gasteiger partial charge is 0.410 e. The fourth-order valence-electron chi connectivity index (χ4n) is 4.35. The fraction of sp³-hybridized carbons (Fsp3) is 0.444. The molecule has 0 spiro atoms. The Morgan fingerprint density at radius 3 is 2.48 bits per heavy atom. The number of nitrogens with zero attached hydrogens (tertiary/aromatic N) is 2. The molecule has 0 radical (unpaired) electrons. The summed E-state index contributed by atoms with van der Waals surface area (Å²) in [5.74, 6) is -0.685. The fourth-order valence-corrected chi connectivity index (χ4v) is 6.04. The molecule has 13 heteroatoms. The number of carbonyl (C=O) groups excluding carboxylic acids is 1. The summed E-state index contributed by atoms with van der Waals surface area (Å²) in [5, 5.41) is 1.17. The number of piperazine rings is 1. The van der Waals surface area contributed by atoms with Crippen molar-refractivity contribution >= 4 is 55.9 Å². The van der Waals surface area contributed by atoms with Gasteiger partial charge in [-0.15, -0.1) is 0 Å². The molecule has 1 saturated heterocycles. The van der Waals surface area contributed by atoms with Gasteiger partial charge in [0, 0.05) is 43.8 Å². The number of unbranched alkanes of at least 4 members (excludes halogenated alkanes) is 1. The molecule has 9 nitrogen and oxygen atoms in total. The standard InChI is InChI=1S/C27H33Cl2FN4O5S/c1-27(2,3)39-26(35)34-13-11-33(12-14-34)10-4-5-15-38-18-6-9-23(21(30)16-18)40(36,37)32-22-8-7-19(28)24-20(29)17-31-25(22)24/h6-9,16-17,31-32H,4-5,10-15H2,1-3H3. The van der Waals surface area contributed by atoms with Gasteiger partial charge in [-0.3, -0.25) is 9.62 Å². The van der Waals surface area contributed by atoms with Crippen molar-refractivity contribution in [3.63, 3.8) is 0 Å². The SMILES string of the molecule is CC(C)(C)OC(=O)N1CCN(CCCCOc2ccc(S(=O)(=O)Nc3ccc(Cl)c4c(Cl)c[nH]c34)c(F)c2)CC1. The number of fused-ring (bicyclic) bond motifs is 1. The van der Waals surface area contributed by atoms with Crippen LogP contribution < -0.4 is 9.46 Å². The van der Waals surface area contributed by atoms with Gasteiger partial charge in [-0.25, -0.2) is 17.6 Å². The number of aromatic nitrogens is 1. The summed E-state index contributed by atoms with van der Waals surface area (Å²) < 4.78 is 54.2. The summed E-state index contributed by atoms with van der Waals surface area (Å²) in [4.78, 5) is 18.6. The second-order valence-corrected chi connectivity index (χ2v) is 13.0. The number of rotatable bonds is 9. The van der Waals surface area contributed by atoms with Gasteiger partial charge < -0.3 is 19.4 Å². The Balaban J connectivity index is 1.24. The Kier molecular flexibility index (Phi) is 9.39. The van der Waals surface area contributed by atoms with Crippen molar-refractivity contribution < 1.29 is 27.1 Å². The third-order valence-corrected chi connectivity index (χ3v) is 8.35. The van der Waals surface area contributed by atoms with Crippen LogP contribution in [0.5, 0.6) is 5.75 Å². The van der Waals surface area contributed by atoms with E-state index in [0.29, 0.717) is 40.6 Å². The van der Waals surface area contributed by atoms with Gasteiger partial charge in [0.1, 0.15) is 22.1 Å². The van der Waals surface area contributed by atoms with Crippen molar-refractivity contribution in [2.24, 2.45) is 0 Å². The Morgan fingerprint density at radius 1 is 1.07 bits per heavy atom. The minimum atomic E-state index is -4.24. The molecule has 3 aromatic rings. The van der Waals surface area contributed by atoms with Crippen molar-refractivity contribution in [2.75, 3.05) is 44.1 Å². The molecular formula is C27H33Cl2FN4O5S. The maximum Gasteiger partial charge on any atom is 0.410 e. The molecule has 40 heavy (non-hydrogen) atoms. The number of sulfonamides is 1. The molecule has 1 aliphatic rings. The number of amides is 1. The average molecular weight is 616 g/mol. The largest absolute Gasteiger partial charge is 0.493 e. The summed E-state index contributed by atoms with van der Waals surface area (Å²) in [6, 6.07) is 6.65. The van der Waals surface area contributed by atoms with Gasteiger partial charge in [0.05, 0.1) is 27.9 Å². The van der Waals surface area contributed by atoms with E-state index in [4.69, 9.17) is 32.7 Å². The van der Waals surface area contributed by atoms with Gasteiger partial charge in [0.25, 0.3) is 10.0 Å². The first-order valence-electron chi connectivity index (χ1n) is 12.9. The summed E-state index contributed by atoms with van der Waals surface area (Å²) in [5.41, 5.74) is 0.0776. The van der Waals surface area contributed by atoms with Crippen LogP contribution in [0.2, 0.25) is 10.0 Å². The van der Waals surface area contributed by atoms with Crippen LogP contribution in [-0.4, -0.2) is 74.2 Å². The molecule has 0 saturated carbocycles. The summed E-state index contributed by atoms with van der Waals surface area (Å²) in [6.07, 6.45) is 2.81. The number of carbonyl (C=O) groups is 1. The number of nitrogens with one attached hydrogen (secondary N) is 2. The highest BCUT2D eigenvalue weighted by molar-refractivity contribution is 7.92. The summed E-state index contributed by atoms with van der Waals surface area (Å²) in [7, 11) is -4.24. The van der Waals surface area contributed by atoms with E-state index in [9.17, 15) is 17.6 Å². The predicted molar refractivity (Wildman–Crippen MR) is 155 cm³/mol. The maximum atomic E-state index is 14.8. The third kappa shape index (κ3) is 7.51. The van der Waals surface area contributed by atoms with Gasteiger partial charge in [-0.05, 0) is 64.4 Å². The maximum absolute atomic E-state index is 14.8. The van der Waals surface area contributed by atoms with Crippen LogP contribution in [0.1, 0.15) is 33.6 Å². The number of aromatic amines is 1. The van der Waals surface area contributed by atoms with E-state index in [1.807, 2.05) is 20.8 Å². The Bertz CT molecular complexity index is 1470. The van der Waals surface area contributed by atoms with Gasteiger partial charge in [-0.2, -0.15) is 0 Å². The number of ether oxygens (including phenoxy) is 2. The average Bonchev–Trinajstić information content (AvgIpc) is 3.27. The minimum absolute atomic E-state index is 0.192. The predicted octanol–water partition coefficient (Wildman–Crippen LogP) is 6.13. The van der Waals surface area contributed by atoms with Crippen molar-refractivity contribution in [3.8, 4) is 5.75 Å². The van der Waals surface area contributed by atoms with E-state index in [2.05, 4.69) is 14.6 Å².